The van der Waals surface area contributed by atoms with Crippen LogP contribution >= 0.6 is 0 Å². The Kier molecular flexibility index (Phi) is 5.18. The van der Waals surface area contributed by atoms with Gasteiger partial charge in [0.15, 0.2) is 0 Å². The highest BCUT2D eigenvalue weighted by Gasteiger charge is 2.16. The van der Waals surface area contributed by atoms with Crippen LogP contribution in [-0.2, 0) is 11.2 Å². The second-order valence-electron chi connectivity index (χ2n) is 5.08. The Morgan fingerprint density at radius 3 is 2.21 bits per heavy atom. The number of carbonyl (C=O) groups excluding carboxylic acids is 1. The van der Waals surface area contributed by atoms with Gasteiger partial charge in [0.2, 0.25) is 5.91 Å². The number of rotatable bonds is 6. The normalized spacial score (nSPS) is 11.0. The summed E-state index contributed by atoms with van der Waals surface area (Å²) >= 11 is 0. The van der Waals surface area contributed by atoms with Gasteiger partial charge < -0.3 is 20.5 Å². The van der Waals surface area contributed by atoms with Gasteiger partial charge in [0.1, 0.15) is 11.5 Å². The molecule has 19 heavy (non-hydrogen) atoms. The predicted octanol–water partition coefficient (Wildman–Crippen LogP) is 1.10. The Morgan fingerprint density at radius 2 is 1.79 bits per heavy atom. The number of nitrogens with one attached hydrogen (secondary N) is 1. The molecule has 0 unspecified atom stereocenters. The van der Waals surface area contributed by atoms with Crippen LogP contribution in [0.25, 0.3) is 0 Å². The van der Waals surface area contributed by atoms with Crippen LogP contribution in [0.2, 0.25) is 0 Å². The molecule has 1 amide bonds. The van der Waals surface area contributed by atoms with Crippen LogP contribution in [0.3, 0.4) is 0 Å². The first-order chi connectivity index (χ1) is 8.87. The summed E-state index contributed by atoms with van der Waals surface area (Å²) in [6.45, 7) is 4.14. The molecular formula is C14H22N2O3. The van der Waals surface area contributed by atoms with Crippen LogP contribution in [0, 0.1) is 0 Å². The minimum Gasteiger partial charge on any atom is -0.496 e. The minimum absolute atomic E-state index is 0.110. The van der Waals surface area contributed by atoms with E-state index in [1.165, 1.54) is 0 Å². The van der Waals surface area contributed by atoms with Crippen molar-refractivity contribution < 1.29 is 14.3 Å². The van der Waals surface area contributed by atoms with Gasteiger partial charge in [-0.15, -0.1) is 0 Å². The molecule has 0 aliphatic rings. The molecular weight excluding hydrogens is 244 g/mol. The third kappa shape index (κ3) is 4.79. The summed E-state index contributed by atoms with van der Waals surface area (Å²) in [5.41, 5.74) is 6.13. The largest absolute Gasteiger partial charge is 0.496 e. The lowest BCUT2D eigenvalue weighted by Gasteiger charge is -2.19. The number of ether oxygens (including phenoxy) is 2. The first-order valence-corrected chi connectivity index (χ1v) is 6.13. The van der Waals surface area contributed by atoms with Gasteiger partial charge in [0.05, 0.1) is 20.6 Å². The summed E-state index contributed by atoms with van der Waals surface area (Å²) in [7, 11) is 3.14. The fraction of sp³-hybridized carbons (Fsp3) is 0.500. The van der Waals surface area contributed by atoms with E-state index in [1.807, 2.05) is 19.9 Å². The number of carbonyl (C=O) groups is 1. The van der Waals surface area contributed by atoms with Crippen molar-refractivity contribution >= 4 is 5.91 Å². The molecule has 0 spiro atoms. The number of methoxy groups -OCH3 is 2. The number of benzene rings is 1. The maximum atomic E-state index is 11.9. The van der Waals surface area contributed by atoms with Crippen molar-refractivity contribution in [3.05, 3.63) is 23.8 Å². The maximum Gasteiger partial charge on any atom is 0.224 e. The molecule has 1 aromatic rings. The van der Waals surface area contributed by atoms with E-state index in [9.17, 15) is 4.79 Å². The first-order valence-electron chi connectivity index (χ1n) is 6.13. The van der Waals surface area contributed by atoms with E-state index >= 15 is 0 Å². The van der Waals surface area contributed by atoms with Gasteiger partial charge in [0.25, 0.3) is 0 Å². The lowest BCUT2D eigenvalue weighted by Crippen LogP contribution is -2.45. The van der Waals surface area contributed by atoms with Crippen LogP contribution in [0.5, 0.6) is 11.5 Å². The highest BCUT2D eigenvalue weighted by molar-refractivity contribution is 5.80. The van der Waals surface area contributed by atoms with Gasteiger partial charge >= 0.3 is 0 Å². The van der Waals surface area contributed by atoms with Gasteiger partial charge in [-0.05, 0) is 26.0 Å². The Morgan fingerprint density at radius 1 is 1.26 bits per heavy atom. The highest BCUT2D eigenvalue weighted by atomic mass is 16.5. The van der Waals surface area contributed by atoms with Crippen LogP contribution in [-0.4, -0.2) is 32.2 Å². The smallest absolute Gasteiger partial charge is 0.224 e. The van der Waals surface area contributed by atoms with E-state index in [-0.39, 0.29) is 12.3 Å². The first kappa shape index (κ1) is 15.3. The van der Waals surface area contributed by atoms with Gasteiger partial charge in [0, 0.05) is 17.6 Å². The standard InChI is InChI=1S/C14H22N2O3/c1-14(2,15)9-16-13(17)8-10-11(18-3)6-5-7-12(10)19-4/h5-7H,8-9,15H2,1-4H3,(H,16,17). The number of hydrogen-bond donors (Lipinski definition) is 2. The van der Waals surface area contributed by atoms with Gasteiger partial charge in [-0.1, -0.05) is 6.07 Å². The topological polar surface area (TPSA) is 73.6 Å². The molecule has 106 valence electrons. The predicted molar refractivity (Wildman–Crippen MR) is 74.5 cm³/mol. The van der Waals surface area contributed by atoms with Crippen molar-refractivity contribution in [2.45, 2.75) is 25.8 Å². The number of nitrogens with two attached hydrogens (primary N) is 1. The molecule has 0 heterocycles. The van der Waals surface area contributed by atoms with Crippen LogP contribution in [0.1, 0.15) is 19.4 Å². The molecule has 0 bridgehead atoms. The summed E-state index contributed by atoms with van der Waals surface area (Å²) in [5, 5.41) is 2.80. The van der Waals surface area contributed by atoms with Crippen LogP contribution in [0.4, 0.5) is 0 Å². The van der Waals surface area contributed by atoms with Crippen LogP contribution < -0.4 is 20.5 Å². The molecule has 5 heteroatoms. The zero-order valence-corrected chi connectivity index (χ0v) is 11.9. The van der Waals surface area contributed by atoms with Gasteiger partial charge in [-0.2, -0.15) is 0 Å². The number of hydrogen-bond acceptors (Lipinski definition) is 4. The molecule has 0 saturated heterocycles. The third-order valence-corrected chi connectivity index (χ3v) is 2.61. The lowest BCUT2D eigenvalue weighted by molar-refractivity contribution is -0.120. The molecule has 0 fully saturated rings. The zero-order chi connectivity index (χ0) is 14.5. The summed E-state index contributed by atoms with van der Waals surface area (Å²) in [6.07, 6.45) is 0.198. The number of amides is 1. The molecule has 0 aliphatic carbocycles. The quantitative estimate of drug-likeness (QED) is 0.808. The second kappa shape index (κ2) is 6.43. The van der Waals surface area contributed by atoms with Crippen molar-refractivity contribution in [3.8, 4) is 11.5 Å². The average molecular weight is 266 g/mol. The van der Waals surface area contributed by atoms with E-state index in [2.05, 4.69) is 5.32 Å². The molecule has 1 rings (SSSR count). The SMILES string of the molecule is COc1cccc(OC)c1CC(=O)NCC(C)(C)N. The fourth-order valence-corrected chi connectivity index (χ4v) is 1.65. The van der Waals surface area contributed by atoms with E-state index in [4.69, 9.17) is 15.2 Å². The van der Waals surface area contributed by atoms with E-state index < -0.39 is 5.54 Å². The van der Waals surface area contributed by atoms with Crippen LogP contribution in [0.15, 0.2) is 18.2 Å². The van der Waals surface area contributed by atoms with Gasteiger partial charge in [-0.25, -0.2) is 0 Å². The monoisotopic (exact) mass is 266 g/mol. The summed E-state index contributed by atoms with van der Waals surface area (Å²) < 4.78 is 10.5. The van der Waals surface area contributed by atoms with E-state index in [0.717, 1.165) is 5.56 Å². The highest BCUT2D eigenvalue weighted by Crippen LogP contribution is 2.28. The average Bonchev–Trinajstić information content (AvgIpc) is 2.35. The van der Waals surface area contributed by atoms with Crippen molar-refractivity contribution in [1.29, 1.82) is 0 Å². The van der Waals surface area contributed by atoms with Crippen molar-refractivity contribution in [3.63, 3.8) is 0 Å². The third-order valence-electron chi connectivity index (χ3n) is 2.61. The van der Waals surface area contributed by atoms with E-state index in [0.29, 0.717) is 18.0 Å². The second-order valence-corrected chi connectivity index (χ2v) is 5.08. The Balaban J connectivity index is 2.78. The maximum absolute atomic E-state index is 11.9. The van der Waals surface area contributed by atoms with Crippen molar-refractivity contribution in [2.24, 2.45) is 5.73 Å². The molecule has 0 atom stereocenters. The van der Waals surface area contributed by atoms with Crippen molar-refractivity contribution in [1.82, 2.24) is 5.32 Å². The Bertz CT molecular complexity index is 417. The summed E-state index contributed by atoms with van der Waals surface area (Å²) in [4.78, 5) is 11.9. The lowest BCUT2D eigenvalue weighted by atomic mass is 10.1. The molecule has 0 radical (unpaired) electrons. The van der Waals surface area contributed by atoms with Gasteiger partial charge in [-0.3, -0.25) is 4.79 Å². The molecule has 0 saturated carbocycles. The summed E-state index contributed by atoms with van der Waals surface area (Å²) in [6, 6.07) is 5.43. The fourth-order valence-electron chi connectivity index (χ4n) is 1.65. The van der Waals surface area contributed by atoms with E-state index in [1.54, 1.807) is 26.4 Å². The molecule has 0 aliphatic heterocycles. The summed E-state index contributed by atoms with van der Waals surface area (Å²) in [5.74, 6) is 1.17. The van der Waals surface area contributed by atoms with Crippen molar-refractivity contribution in [2.75, 3.05) is 20.8 Å². The molecule has 0 aromatic heterocycles. The molecule has 5 nitrogen and oxygen atoms in total. The Labute approximate surface area is 114 Å². The molecule has 3 N–H and O–H groups in total. The zero-order valence-electron chi connectivity index (χ0n) is 11.9. The minimum atomic E-state index is -0.430. The Hall–Kier alpha value is -1.75. The molecule has 1 aromatic carbocycles.